The van der Waals surface area contributed by atoms with Gasteiger partial charge in [-0.3, -0.25) is 19.3 Å². The lowest BCUT2D eigenvalue weighted by Crippen LogP contribution is -2.34. The van der Waals surface area contributed by atoms with E-state index in [4.69, 9.17) is 0 Å². The summed E-state index contributed by atoms with van der Waals surface area (Å²) in [6, 6.07) is 3.88. The summed E-state index contributed by atoms with van der Waals surface area (Å²) in [4.78, 5) is 36.4. The SMILES string of the molecule is Cc1cc(C)c(C(=O)CN2C(=O)CCC2=O)c(C)c1. The van der Waals surface area contributed by atoms with Gasteiger partial charge in [-0.05, 0) is 31.9 Å². The smallest absolute Gasteiger partial charge is 0.230 e. The van der Waals surface area contributed by atoms with E-state index in [1.54, 1.807) is 0 Å². The molecule has 1 aliphatic heterocycles. The fraction of sp³-hybridized carbons (Fsp3) is 0.400. The van der Waals surface area contributed by atoms with Crippen LogP contribution in [0.15, 0.2) is 12.1 Å². The molecule has 2 rings (SSSR count). The Morgan fingerprint density at radius 2 is 1.53 bits per heavy atom. The minimum Gasteiger partial charge on any atom is -0.292 e. The summed E-state index contributed by atoms with van der Waals surface area (Å²) in [5, 5.41) is 0. The van der Waals surface area contributed by atoms with Gasteiger partial charge in [0.2, 0.25) is 11.8 Å². The molecule has 2 amide bonds. The first-order valence-corrected chi connectivity index (χ1v) is 6.34. The Bertz CT molecular complexity index is 536. The second kappa shape index (κ2) is 4.96. The van der Waals surface area contributed by atoms with Gasteiger partial charge in [0.05, 0.1) is 6.54 Å². The number of Topliss-reactive ketones (excluding diaryl/α,β-unsaturated/α-hetero) is 1. The number of rotatable bonds is 3. The van der Waals surface area contributed by atoms with E-state index in [-0.39, 0.29) is 37.0 Å². The van der Waals surface area contributed by atoms with Gasteiger partial charge in [0.25, 0.3) is 0 Å². The Labute approximate surface area is 112 Å². The highest BCUT2D eigenvalue weighted by molar-refractivity contribution is 6.08. The largest absolute Gasteiger partial charge is 0.292 e. The average Bonchev–Trinajstić information content (AvgIpc) is 2.59. The maximum absolute atomic E-state index is 12.3. The van der Waals surface area contributed by atoms with E-state index in [1.165, 1.54) is 0 Å². The van der Waals surface area contributed by atoms with Gasteiger partial charge in [-0.1, -0.05) is 17.7 Å². The van der Waals surface area contributed by atoms with Crippen LogP contribution in [-0.4, -0.2) is 29.0 Å². The van der Waals surface area contributed by atoms with Crippen LogP contribution in [0.2, 0.25) is 0 Å². The number of hydrogen-bond donors (Lipinski definition) is 0. The minimum atomic E-state index is -0.249. The molecule has 0 radical (unpaired) electrons. The average molecular weight is 259 g/mol. The summed E-state index contributed by atoms with van der Waals surface area (Å²) in [5.41, 5.74) is 3.50. The van der Waals surface area contributed by atoms with E-state index in [9.17, 15) is 14.4 Å². The van der Waals surface area contributed by atoms with Crippen LogP contribution >= 0.6 is 0 Å². The van der Waals surface area contributed by atoms with Gasteiger partial charge in [-0.25, -0.2) is 0 Å². The molecular weight excluding hydrogens is 242 g/mol. The standard InChI is InChI=1S/C15H17NO3/c1-9-6-10(2)15(11(3)7-9)12(17)8-16-13(18)4-5-14(16)19/h6-7H,4-5,8H2,1-3H3. The summed E-state index contributed by atoms with van der Waals surface area (Å²) in [5.74, 6) is -0.667. The number of carbonyl (C=O) groups is 3. The number of nitrogens with zero attached hydrogens (tertiary/aromatic N) is 1. The first kappa shape index (κ1) is 13.5. The van der Waals surface area contributed by atoms with Gasteiger partial charge in [0.1, 0.15) is 0 Å². The first-order valence-electron chi connectivity index (χ1n) is 6.34. The lowest BCUT2D eigenvalue weighted by atomic mass is 9.96. The Kier molecular flexibility index (Phi) is 3.51. The fourth-order valence-electron chi connectivity index (χ4n) is 2.64. The van der Waals surface area contributed by atoms with Gasteiger partial charge in [0, 0.05) is 18.4 Å². The Balaban J connectivity index is 2.26. The molecule has 0 bridgehead atoms. The number of aryl methyl sites for hydroxylation is 3. The zero-order valence-corrected chi connectivity index (χ0v) is 11.4. The van der Waals surface area contributed by atoms with Crippen molar-refractivity contribution in [3.05, 3.63) is 34.4 Å². The van der Waals surface area contributed by atoms with Crippen LogP contribution in [0.25, 0.3) is 0 Å². The van der Waals surface area contributed by atoms with Crippen molar-refractivity contribution in [3.8, 4) is 0 Å². The molecule has 0 saturated carbocycles. The van der Waals surface area contributed by atoms with Crippen molar-refractivity contribution in [2.75, 3.05) is 6.54 Å². The summed E-state index contributed by atoms with van der Waals surface area (Å²) in [7, 11) is 0. The van der Waals surface area contributed by atoms with Crippen molar-refractivity contribution in [1.29, 1.82) is 0 Å². The maximum atomic E-state index is 12.3. The Morgan fingerprint density at radius 1 is 1.05 bits per heavy atom. The molecule has 1 heterocycles. The number of imide groups is 1. The predicted octanol–water partition coefficient (Wildman–Crippen LogP) is 1.94. The number of hydrogen-bond acceptors (Lipinski definition) is 3. The van der Waals surface area contributed by atoms with Crippen LogP contribution < -0.4 is 0 Å². The predicted molar refractivity (Wildman–Crippen MR) is 70.9 cm³/mol. The molecular formula is C15H17NO3. The van der Waals surface area contributed by atoms with Crippen molar-refractivity contribution in [3.63, 3.8) is 0 Å². The van der Waals surface area contributed by atoms with Crippen molar-refractivity contribution in [2.45, 2.75) is 33.6 Å². The van der Waals surface area contributed by atoms with Crippen molar-refractivity contribution in [2.24, 2.45) is 0 Å². The molecule has 100 valence electrons. The van der Waals surface area contributed by atoms with Gasteiger partial charge in [0.15, 0.2) is 5.78 Å². The normalized spacial score (nSPS) is 15.2. The van der Waals surface area contributed by atoms with Gasteiger partial charge in [-0.15, -0.1) is 0 Å². The first-order chi connectivity index (χ1) is 8.90. The highest BCUT2D eigenvalue weighted by Gasteiger charge is 2.31. The van der Waals surface area contributed by atoms with E-state index >= 15 is 0 Å². The van der Waals surface area contributed by atoms with E-state index in [0.717, 1.165) is 21.6 Å². The molecule has 19 heavy (non-hydrogen) atoms. The highest BCUT2D eigenvalue weighted by Crippen LogP contribution is 2.19. The third kappa shape index (κ3) is 2.57. The lowest BCUT2D eigenvalue weighted by Gasteiger charge is -2.15. The van der Waals surface area contributed by atoms with Crippen molar-refractivity contribution >= 4 is 17.6 Å². The quantitative estimate of drug-likeness (QED) is 0.615. The molecule has 1 aromatic rings. The highest BCUT2D eigenvalue weighted by atomic mass is 16.2. The van der Waals surface area contributed by atoms with Crippen molar-refractivity contribution in [1.82, 2.24) is 4.90 Å². The lowest BCUT2D eigenvalue weighted by molar-refractivity contribution is -0.137. The van der Waals surface area contributed by atoms with Crippen LogP contribution in [0.3, 0.4) is 0 Å². The van der Waals surface area contributed by atoms with E-state index < -0.39 is 0 Å². The zero-order chi connectivity index (χ0) is 14.2. The summed E-state index contributed by atoms with van der Waals surface area (Å²) < 4.78 is 0. The van der Waals surface area contributed by atoms with E-state index in [0.29, 0.717) is 5.56 Å². The molecule has 0 N–H and O–H groups in total. The van der Waals surface area contributed by atoms with E-state index in [2.05, 4.69) is 0 Å². The molecule has 1 fully saturated rings. The molecule has 0 aromatic heterocycles. The molecule has 0 spiro atoms. The number of carbonyl (C=O) groups excluding carboxylic acids is 3. The van der Waals surface area contributed by atoms with Crippen LogP contribution in [0, 0.1) is 20.8 Å². The van der Waals surface area contributed by atoms with Crippen LogP contribution in [0.4, 0.5) is 0 Å². The molecule has 4 nitrogen and oxygen atoms in total. The number of ketones is 1. The Morgan fingerprint density at radius 3 is 2.00 bits per heavy atom. The summed E-state index contributed by atoms with van der Waals surface area (Å²) in [6.45, 7) is 5.59. The number of amides is 2. The van der Waals surface area contributed by atoms with Gasteiger partial charge >= 0.3 is 0 Å². The summed E-state index contributed by atoms with van der Waals surface area (Å²) >= 11 is 0. The molecule has 0 unspecified atom stereocenters. The zero-order valence-electron chi connectivity index (χ0n) is 11.4. The van der Waals surface area contributed by atoms with Crippen LogP contribution in [0.5, 0.6) is 0 Å². The van der Waals surface area contributed by atoms with Crippen LogP contribution in [0.1, 0.15) is 39.9 Å². The molecule has 4 heteroatoms. The van der Waals surface area contributed by atoms with E-state index in [1.807, 2.05) is 32.9 Å². The topological polar surface area (TPSA) is 54.5 Å². The summed E-state index contributed by atoms with van der Waals surface area (Å²) in [6.07, 6.45) is 0.440. The maximum Gasteiger partial charge on any atom is 0.230 e. The van der Waals surface area contributed by atoms with Crippen molar-refractivity contribution < 1.29 is 14.4 Å². The molecule has 1 saturated heterocycles. The third-order valence-corrected chi connectivity index (χ3v) is 3.41. The fourth-order valence-corrected chi connectivity index (χ4v) is 2.64. The van der Waals surface area contributed by atoms with Gasteiger partial charge in [-0.2, -0.15) is 0 Å². The number of benzene rings is 1. The molecule has 0 atom stereocenters. The second-order valence-corrected chi connectivity index (χ2v) is 5.07. The number of likely N-dealkylation sites (tertiary alicyclic amines) is 1. The monoisotopic (exact) mass is 259 g/mol. The second-order valence-electron chi connectivity index (χ2n) is 5.07. The Hall–Kier alpha value is -1.97. The van der Waals surface area contributed by atoms with Crippen LogP contribution in [-0.2, 0) is 9.59 Å². The van der Waals surface area contributed by atoms with Gasteiger partial charge < -0.3 is 0 Å². The molecule has 0 aliphatic carbocycles. The third-order valence-electron chi connectivity index (χ3n) is 3.41. The minimum absolute atomic E-state index is 0.137. The molecule has 1 aliphatic rings. The molecule has 1 aromatic carbocycles.